The maximum atomic E-state index is 12.6. The minimum atomic E-state index is -3.80. The van der Waals surface area contributed by atoms with Gasteiger partial charge in [0.15, 0.2) is 0 Å². The highest BCUT2D eigenvalue weighted by molar-refractivity contribution is 7.92. The Hall–Kier alpha value is -2.05. The number of anilines is 1. The summed E-state index contributed by atoms with van der Waals surface area (Å²) >= 11 is 11.9. The van der Waals surface area contributed by atoms with Crippen LogP contribution < -0.4 is 14.4 Å². The van der Waals surface area contributed by atoms with Crippen LogP contribution in [0.4, 0.5) is 5.69 Å². The molecule has 0 spiro atoms. The lowest BCUT2D eigenvalue weighted by molar-refractivity contribution is -0.121. The third-order valence-electron chi connectivity index (χ3n) is 4.52. The molecule has 2 aromatic carbocycles. The number of halogens is 2. The standard InChI is InChI=1S/C20H25Cl2N3O6S2/c1-14(25(32(4,27)28)15-5-10-18(21)19(22)13-15)20(26)23-11-12-31-16-6-8-17(9-7-16)33(29,30)24(2)3/h5-10,13-14H,11-12H2,1-4H3,(H,23,26)/t14-/m0/s1. The molecular formula is C20H25Cl2N3O6S2. The van der Waals surface area contributed by atoms with Crippen molar-refractivity contribution < 1.29 is 26.4 Å². The van der Waals surface area contributed by atoms with Gasteiger partial charge in [-0.1, -0.05) is 23.2 Å². The van der Waals surface area contributed by atoms with E-state index in [9.17, 15) is 21.6 Å². The predicted molar refractivity (Wildman–Crippen MR) is 129 cm³/mol. The van der Waals surface area contributed by atoms with Gasteiger partial charge in [0.2, 0.25) is 26.0 Å². The Labute approximate surface area is 204 Å². The average Bonchev–Trinajstić information content (AvgIpc) is 2.73. The number of hydrogen-bond acceptors (Lipinski definition) is 6. The van der Waals surface area contributed by atoms with Crippen molar-refractivity contribution in [1.29, 1.82) is 0 Å². The molecule has 9 nitrogen and oxygen atoms in total. The Bertz CT molecular complexity index is 1200. The maximum Gasteiger partial charge on any atom is 0.243 e. The molecule has 13 heteroatoms. The number of amides is 1. The van der Waals surface area contributed by atoms with Crippen LogP contribution in [0, 0.1) is 0 Å². The molecule has 0 radical (unpaired) electrons. The van der Waals surface area contributed by atoms with Gasteiger partial charge in [-0.05, 0) is 49.4 Å². The zero-order valence-electron chi connectivity index (χ0n) is 18.4. The molecule has 33 heavy (non-hydrogen) atoms. The van der Waals surface area contributed by atoms with Gasteiger partial charge in [-0.25, -0.2) is 21.1 Å². The van der Waals surface area contributed by atoms with Gasteiger partial charge in [0.1, 0.15) is 18.4 Å². The molecule has 1 N–H and O–H groups in total. The van der Waals surface area contributed by atoms with Crippen LogP contribution in [0.5, 0.6) is 5.75 Å². The normalized spacial score (nSPS) is 12.9. The monoisotopic (exact) mass is 537 g/mol. The van der Waals surface area contributed by atoms with Crippen LogP contribution in [0.1, 0.15) is 6.92 Å². The third kappa shape index (κ3) is 6.97. The highest BCUT2D eigenvalue weighted by atomic mass is 35.5. The van der Waals surface area contributed by atoms with Crippen LogP contribution in [-0.4, -0.2) is 66.6 Å². The highest BCUT2D eigenvalue weighted by Crippen LogP contribution is 2.29. The summed E-state index contributed by atoms with van der Waals surface area (Å²) in [6.45, 7) is 1.63. The van der Waals surface area contributed by atoms with Crippen molar-refractivity contribution in [2.45, 2.75) is 17.9 Å². The smallest absolute Gasteiger partial charge is 0.243 e. The Kier molecular flexibility index (Phi) is 9.00. The second-order valence-corrected chi connectivity index (χ2v) is 12.1. The predicted octanol–water partition coefficient (Wildman–Crippen LogP) is 2.59. The van der Waals surface area contributed by atoms with Gasteiger partial charge < -0.3 is 10.1 Å². The maximum absolute atomic E-state index is 12.6. The molecule has 0 saturated carbocycles. The van der Waals surface area contributed by atoms with Gasteiger partial charge in [0.05, 0.1) is 33.4 Å². The average molecular weight is 538 g/mol. The molecule has 2 aromatic rings. The Balaban J connectivity index is 1.98. The molecule has 0 unspecified atom stereocenters. The number of sulfonamides is 2. The van der Waals surface area contributed by atoms with Gasteiger partial charge in [-0.2, -0.15) is 0 Å². The van der Waals surface area contributed by atoms with Crippen LogP contribution in [0.15, 0.2) is 47.4 Å². The summed E-state index contributed by atoms with van der Waals surface area (Å²) in [6.07, 6.45) is 0.989. The first-order chi connectivity index (χ1) is 15.2. The van der Waals surface area contributed by atoms with E-state index >= 15 is 0 Å². The SMILES string of the molecule is C[C@@H](C(=O)NCCOc1ccc(S(=O)(=O)N(C)C)cc1)N(c1ccc(Cl)c(Cl)c1)S(C)(=O)=O. The molecule has 1 atom stereocenters. The summed E-state index contributed by atoms with van der Waals surface area (Å²) in [4.78, 5) is 12.7. The number of hydrogen-bond donors (Lipinski definition) is 1. The highest BCUT2D eigenvalue weighted by Gasteiger charge is 2.29. The number of rotatable bonds is 10. The molecule has 0 saturated heterocycles. The minimum Gasteiger partial charge on any atom is -0.492 e. The van der Waals surface area contributed by atoms with E-state index in [1.807, 2.05) is 0 Å². The summed E-state index contributed by atoms with van der Waals surface area (Å²) in [5.41, 5.74) is 0.207. The van der Waals surface area contributed by atoms with Crippen LogP contribution >= 0.6 is 23.2 Å². The van der Waals surface area contributed by atoms with E-state index in [-0.39, 0.29) is 33.8 Å². The van der Waals surface area contributed by atoms with Crippen molar-refractivity contribution in [1.82, 2.24) is 9.62 Å². The lowest BCUT2D eigenvalue weighted by Gasteiger charge is -2.28. The summed E-state index contributed by atoms with van der Waals surface area (Å²) in [5, 5.41) is 3.04. The second kappa shape index (κ2) is 10.9. The quantitative estimate of drug-likeness (QED) is 0.466. The fourth-order valence-corrected chi connectivity index (χ4v) is 5.20. The third-order valence-corrected chi connectivity index (χ3v) is 8.33. The molecule has 0 heterocycles. The van der Waals surface area contributed by atoms with Crippen LogP contribution in [-0.2, 0) is 24.8 Å². The van der Waals surface area contributed by atoms with Crippen molar-refractivity contribution in [2.24, 2.45) is 0 Å². The number of nitrogens with one attached hydrogen (secondary N) is 1. The summed E-state index contributed by atoms with van der Waals surface area (Å²) in [5.74, 6) is -0.119. The molecule has 0 bridgehead atoms. The Morgan fingerprint density at radius 3 is 2.15 bits per heavy atom. The first kappa shape index (κ1) is 27.2. The van der Waals surface area contributed by atoms with Crippen LogP contribution in [0.3, 0.4) is 0 Å². The van der Waals surface area contributed by atoms with Gasteiger partial charge >= 0.3 is 0 Å². The molecule has 2 rings (SSSR count). The van der Waals surface area contributed by atoms with Gasteiger partial charge in [0.25, 0.3) is 0 Å². The van der Waals surface area contributed by atoms with Crippen molar-refractivity contribution in [3.05, 3.63) is 52.5 Å². The lowest BCUT2D eigenvalue weighted by atomic mass is 10.2. The summed E-state index contributed by atoms with van der Waals surface area (Å²) in [7, 11) is -4.46. The fraction of sp³-hybridized carbons (Fsp3) is 0.350. The van der Waals surface area contributed by atoms with E-state index in [1.165, 1.54) is 63.5 Å². The lowest BCUT2D eigenvalue weighted by Crippen LogP contribution is -2.48. The Morgan fingerprint density at radius 1 is 1.03 bits per heavy atom. The van der Waals surface area contributed by atoms with Crippen molar-refractivity contribution in [3.63, 3.8) is 0 Å². The molecule has 182 valence electrons. The number of carbonyl (C=O) groups excluding carboxylic acids is 1. The molecule has 0 fully saturated rings. The number of carbonyl (C=O) groups is 1. The molecule has 0 aliphatic carbocycles. The number of benzene rings is 2. The number of nitrogens with zero attached hydrogens (tertiary/aromatic N) is 2. The van der Waals surface area contributed by atoms with Gasteiger partial charge in [0, 0.05) is 14.1 Å². The first-order valence-corrected chi connectivity index (χ1v) is 13.7. The second-order valence-electron chi connectivity index (χ2n) is 7.23. The van der Waals surface area contributed by atoms with Gasteiger partial charge in [-0.3, -0.25) is 9.10 Å². The largest absolute Gasteiger partial charge is 0.492 e. The summed E-state index contributed by atoms with van der Waals surface area (Å²) in [6, 6.07) is 9.09. The van der Waals surface area contributed by atoms with E-state index in [2.05, 4.69) is 5.32 Å². The molecule has 1 amide bonds. The van der Waals surface area contributed by atoms with Crippen LogP contribution in [0.2, 0.25) is 10.0 Å². The Morgan fingerprint density at radius 2 is 1.64 bits per heavy atom. The van der Waals surface area contributed by atoms with Crippen LogP contribution in [0.25, 0.3) is 0 Å². The van der Waals surface area contributed by atoms with Gasteiger partial charge in [-0.15, -0.1) is 0 Å². The zero-order chi connectivity index (χ0) is 25.0. The van der Waals surface area contributed by atoms with E-state index in [0.717, 1.165) is 14.9 Å². The van der Waals surface area contributed by atoms with E-state index in [4.69, 9.17) is 27.9 Å². The molecule has 0 aliphatic rings. The van der Waals surface area contributed by atoms with Crippen molar-refractivity contribution >= 4 is 54.8 Å². The summed E-state index contributed by atoms with van der Waals surface area (Å²) < 4.78 is 56.4. The van der Waals surface area contributed by atoms with Crippen molar-refractivity contribution in [2.75, 3.05) is 37.8 Å². The number of ether oxygens (including phenoxy) is 1. The topological polar surface area (TPSA) is 113 Å². The molecular weight excluding hydrogens is 513 g/mol. The fourth-order valence-electron chi connectivity index (χ4n) is 2.84. The minimum absolute atomic E-state index is 0.0872. The first-order valence-electron chi connectivity index (χ1n) is 9.62. The van der Waals surface area contributed by atoms with E-state index in [1.54, 1.807) is 0 Å². The van der Waals surface area contributed by atoms with E-state index in [0.29, 0.717) is 5.75 Å². The van der Waals surface area contributed by atoms with Crippen molar-refractivity contribution in [3.8, 4) is 5.75 Å². The molecule has 0 aliphatic heterocycles. The van der Waals surface area contributed by atoms with E-state index < -0.39 is 32.0 Å². The zero-order valence-corrected chi connectivity index (χ0v) is 21.6. The molecule has 0 aromatic heterocycles.